The summed E-state index contributed by atoms with van der Waals surface area (Å²) in [6.07, 6.45) is 1.02. The molecule has 0 aromatic heterocycles. The second-order valence-electron chi connectivity index (χ2n) is 9.56. The number of fused-ring (bicyclic) bond motifs is 8. The molecule has 0 heterocycles. The third-order valence-electron chi connectivity index (χ3n) is 6.44. The molecule has 6 rings (SSSR count). The molecule has 36 heavy (non-hydrogen) atoms. The molecular weight excluding hydrogens is 558 g/mol. The molecule has 0 nitrogen and oxygen atoms in total. The summed E-state index contributed by atoms with van der Waals surface area (Å²) in [5, 5.41) is 5.30. The molecule has 0 N–H and O–H groups in total. The molecule has 5 aromatic rings. The number of aryl methyl sites for hydroxylation is 1. The van der Waals surface area contributed by atoms with E-state index in [4.69, 9.17) is 0 Å². The first-order valence-corrected chi connectivity index (χ1v) is 11.6. The van der Waals surface area contributed by atoms with Gasteiger partial charge in [-0.15, -0.1) is 59.3 Å². The molecule has 5 aromatic carbocycles. The summed E-state index contributed by atoms with van der Waals surface area (Å²) in [6.45, 7) is 14.9. The molecule has 0 aliphatic heterocycles. The largest absolute Gasteiger partial charge is 4.00 e. The van der Waals surface area contributed by atoms with E-state index in [1.54, 1.807) is 0 Å². The van der Waals surface area contributed by atoms with Gasteiger partial charge in [0.05, 0.1) is 0 Å². The van der Waals surface area contributed by atoms with Gasteiger partial charge in [0, 0.05) is 0 Å². The number of halogens is 2. The zero-order chi connectivity index (χ0) is 23.6. The van der Waals surface area contributed by atoms with Gasteiger partial charge >= 0.3 is 26.2 Å². The molecule has 0 saturated carbocycles. The van der Waals surface area contributed by atoms with Crippen molar-refractivity contribution in [3.63, 3.8) is 0 Å². The van der Waals surface area contributed by atoms with Crippen molar-refractivity contribution >= 4 is 21.5 Å². The Bertz CT molecular complexity index is 1420. The van der Waals surface area contributed by atoms with Gasteiger partial charge in [-0.3, -0.25) is 0 Å². The van der Waals surface area contributed by atoms with Gasteiger partial charge in [-0.2, -0.15) is 11.6 Å². The Labute approximate surface area is 248 Å². The summed E-state index contributed by atoms with van der Waals surface area (Å²) in [6, 6.07) is 33.8. The summed E-state index contributed by atoms with van der Waals surface area (Å²) < 4.78 is 0. The van der Waals surface area contributed by atoms with E-state index in [1.165, 1.54) is 54.9 Å². The van der Waals surface area contributed by atoms with Crippen molar-refractivity contribution in [1.82, 2.24) is 0 Å². The second kappa shape index (κ2) is 13.5. The molecule has 0 amide bonds. The molecule has 0 radical (unpaired) electrons. The minimum absolute atomic E-state index is 0. The molecule has 3 heteroatoms. The van der Waals surface area contributed by atoms with Gasteiger partial charge in [-0.25, -0.2) is 12.1 Å². The number of hydrogen-bond donors (Lipinski definition) is 0. The van der Waals surface area contributed by atoms with Gasteiger partial charge in [0.15, 0.2) is 0 Å². The average molecular weight is 591 g/mol. The molecule has 0 saturated heterocycles. The predicted molar refractivity (Wildman–Crippen MR) is 145 cm³/mol. The van der Waals surface area contributed by atoms with Crippen LogP contribution < -0.4 is 24.8 Å². The van der Waals surface area contributed by atoms with Gasteiger partial charge < -0.3 is 24.8 Å². The van der Waals surface area contributed by atoms with Crippen LogP contribution in [0, 0.1) is 13.0 Å². The fourth-order valence-corrected chi connectivity index (χ4v) is 5.08. The zero-order valence-electron chi connectivity index (χ0n) is 21.5. The Morgan fingerprint density at radius 1 is 0.778 bits per heavy atom. The summed E-state index contributed by atoms with van der Waals surface area (Å²) >= 11 is 0. The molecule has 0 bridgehead atoms. The monoisotopic (exact) mass is 588 g/mol. The average Bonchev–Trinajstić information content (AvgIpc) is 3.45. The van der Waals surface area contributed by atoms with Crippen molar-refractivity contribution < 1.29 is 51.0 Å². The third kappa shape index (κ3) is 6.08. The molecule has 0 atom stereocenters. The Hall–Kier alpha value is -2.05. The maximum absolute atomic E-state index is 3.48. The standard InChI is InChI=1S/C21H13.C10H15.C2H4.2ClH.Zr/c1-2-8-15-14(7-1)13-20-18-11-4-3-9-16(18)17-10-5-6-12-19(17)21(15)20;1-8-6-5-7-9(8)10(2,3)4;1-2;;;/h1-10,12H,13H2;5-7H,1-4H3;1-2H2;2*1H;/q2*-1;;;;+4/p-2. The van der Waals surface area contributed by atoms with E-state index in [-0.39, 0.29) is 51.0 Å². The van der Waals surface area contributed by atoms with Crippen molar-refractivity contribution in [3.8, 4) is 11.1 Å². The van der Waals surface area contributed by atoms with Crippen LogP contribution in [0.2, 0.25) is 0 Å². The quantitative estimate of drug-likeness (QED) is 0.145. The molecule has 1 aliphatic rings. The SMILES string of the molecule is C=C.Cc1ccc[c-]1C(C)(C)C.[Cl-].[Cl-].[Zr+4].[c-]1cccc2c1c1c(c3ccccc32)-c2ccccc2C1. The summed E-state index contributed by atoms with van der Waals surface area (Å²) in [5.41, 5.74) is 8.86. The van der Waals surface area contributed by atoms with Crippen molar-refractivity contribution in [2.24, 2.45) is 0 Å². The van der Waals surface area contributed by atoms with E-state index in [2.05, 4.69) is 126 Å². The third-order valence-corrected chi connectivity index (χ3v) is 6.44. The number of benzene rings is 4. The van der Waals surface area contributed by atoms with Crippen molar-refractivity contribution in [2.45, 2.75) is 39.5 Å². The zero-order valence-corrected chi connectivity index (χ0v) is 25.4. The topological polar surface area (TPSA) is 0 Å². The van der Waals surface area contributed by atoms with E-state index < -0.39 is 0 Å². The molecule has 182 valence electrons. The smallest absolute Gasteiger partial charge is 1.00 e. The van der Waals surface area contributed by atoms with Gasteiger partial charge in [-0.05, 0) is 28.5 Å². The molecule has 0 spiro atoms. The molecule has 0 fully saturated rings. The van der Waals surface area contributed by atoms with Crippen LogP contribution >= 0.6 is 0 Å². The van der Waals surface area contributed by atoms with Crippen molar-refractivity contribution in [1.29, 1.82) is 0 Å². The Balaban J connectivity index is 0.000000375. The van der Waals surface area contributed by atoms with E-state index in [1.807, 2.05) is 6.07 Å². The van der Waals surface area contributed by atoms with E-state index in [9.17, 15) is 0 Å². The van der Waals surface area contributed by atoms with Crippen LogP contribution in [0.15, 0.2) is 98.1 Å². The molecule has 0 unspecified atom stereocenters. The van der Waals surface area contributed by atoms with E-state index >= 15 is 0 Å². The first kappa shape index (κ1) is 32.0. The van der Waals surface area contributed by atoms with Gasteiger partial charge in [-0.1, -0.05) is 87.0 Å². The fourth-order valence-electron chi connectivity index (χ4n) is 5.08. The van der Waals surface area contributed by atoms with Crippen LogP contribution in [0.25, 0.3) is 32.7 Å². The van der Waals surface area contributed by atoms with Gasteiger partial charge in [0.1, 0.15) is 0 Å². The molecule has 1 aliphatic carbocycles. The van der Waals surface area contributed by atoms with Crippen LogP contribution in [-0.2, 0) is 38.0 Å². The molecular formula is C33H32Cl2Zr. The first-order chi connectivity index (χ1) is 15.9. The summed E-state index contributed by atoms with van der Waals surface area (Å²) in [7, 11) is 0. The minimum Gasteiger partial charge on any atom is -1.00 e. The van der Waals surface area contributed by atoms with Crippen LogP contribution in [0.5, 0.6) is 0 Å². The van der Waals surface area contributed by atoms with Crippen LogP contribution in [-0.4, -0.2) is 0 Å². The maximum atomic E-state index is 3.48. The van der Waals surface area contributed by atoms with E-state index in [0.717, 1.165) is 6.42 Å². The Kier molecular flexibility index (Phi) is 12.0. The van der Waals surface area contributed by atoms with Gasteiger partial charge in [0.25, 0.3) is 0 Å². The second-order valence-corrected chi connectivity index (χ2v) is 9.56. The van der Waals surface area contributed by atoms with Crippen LogP contribution in [0.4, 0.5) is 0 Å². The predicted octanol–water partition coefficient (Wildman–Crippen LogP) is 3.18. The maximum Gasteiger partial charge on any atom is 4.00 e. The Morgan fingerprint density at radius 2 is 1.39 bits per heavy atom. The van der Waals surface area contributed by atoms with Gasteiger partial charge in [0.2, 0.25) is 0 Å². The van der Waals surface area contributed by atoms with Crippen molar-refractivity contribution in [3.05, 3.63) is 126 Å². The van der Waals surface area contributed by atoms with E-state index in [0.29, 0.717) is 5.41 Å². The summed E-state index contributed by atoms with van der Waals surface area (Å²) in [5.74, 6) is 0. The van der Waals surface area contributed by atoms with Crippen LogP contribution in [0.3, 0.4) is 0 Å². The minimum atomic E-state index is 0. The summed E-state index contributed by atoms with van der Waals surface area (Å²) in [4.78, 5) is 0. The number of rotatable bonds is 0. The fraction of sp³-hybridized carbons (Fsp3) is 0.182. The normalized spacial score (nSPS) is 10.8. The Morgan fingerprint density at radius 3 is 2.00 bits per heavy atom. The van der Waals surface area contributed by atoms with Crippen LogP contribution in [0.1, 0.15) is 43.0 Å². The number of hydrogen-bond acceptors (Lipinski definition) is 0. The first-order valence-electron chi connectivity index (χ1n) is 11.6. The van der Waals surface area contributed by atoms with Crippen molar-refractivity contribution in [2.75, 3.05) is 0 Å².